The summed E-state index contributed by atoms with van der Waals surface area (Å²) in [4.78, 5) is 0. The van der Waals surface area contributed by atoms with Gasteiger partial charge in [0.25, 0.3) is 0 Å². The van der Waals surface area contributed by atoms with Gasteiger partial charge in [0.15, 0.2) is 6.29 Å². The lowest BCUT2D eigenvalue weighted by Gasteiger charge is -2.41. The molecule has 228 valence electrons. The van der Waals surface area contributed by atoms with Gasteiger partial charge in [-0.1, -0.05) is 0 Å². The number of rotatable bonds is 9. The van der Waals surface area contributed by atoms with Gasteiger partial charge in [-0.3, -0.25) is 0 Å². The molecule has 0 atom stereocenters. The molecule has 12 heteroatoms. The molecule has 5 nitrogen and oxygen atoms in total. The van der Waals surface area contributed by atoms with Gasteiger partial charge in [0.2, 0.25) is 0 Å². The summed E-state index contributed by atoms with van der Waals surface area (Å²) in [6, 6.07) is 0. The van der Waals surface area contributed by atoms with Crippen LogP contribution in [0, 0.1) is 29.6 Å². The number of ether oxygens (including phenoxy) is 5. The predicted octanol–water partition coefficient (Wildman–Crippen LogP) is 7.67. The van der Waals surface area contributed by atoms with Gasteiger partial charge in [-0.2, -0.15) is 17.6 Å². The molecule has 0 bridgehead atoms. The van der Waals surface area contributed by atoms with E-state index < -0.39 is 36.5 Å². The maximum atomic E-state index is 15.1. The highest BCUT2D eigenvalue weighted by atomic mass is 19.4. The minimum absolute atomic E-state index is 0.0467. The summed E-state index contributed by atoms with van der Waals surface area (Å²) in [5.41, 5.74) is 0. The van der Waals surface area contributed by atoms with Crippen molar-refractivity contribution in [3.05, 3.63) is 0 Å². The van der Waals surface area contributed by atoms with Crippen LogP contribution in [-0.2, 0) is 23.7 Å². The normalized spacial score (nSPS) is 37.5. The van der Waals surface area contributed by atoms with Gasteiger partial charge in [-0.05, 0) is 95.8 Å². The zero-order valence-electron chi connectivity index (χ0n) is 22.4. The molecule has 0 N–H and O–H groups in total. The number of hydrogen-bond acceptors (Lipinski definition) is 5. The van der Waals surface area contributed by atoms with Gasteiger partial charge in [-0.15, -0.1) is 13.2 Å². The van der Waals surface area contributed by atoms with Crippen LogP contribution in [0.25, 0.3) is 0 Å². The quantitative estimate of drug-likeness (QED) is 0.263. The van der Waals surface area contributed by atoms with E-state index in [9.17, 15) is 22.0 Å². The highest BCUT2D eigenvalue weighted by Crippen LogP contribution is 2.48. The molecule has 39 heavy (non-hydrogen) atoms. The van der Waals surface area contributed by atoms with E-state index in [1.807, 2.05) is 6.92 Å². The van der Waals surface area contributed by atoms with E-state index in [0.29, 0.717) is 84.0 Å². The first-order chi connectivity index (χ1) is 18.4. The Morgan fingerprint density at radius 2 is 1.05 bits per heavy atom. The Morgan fingerprint density at radius 1 is 0.590 bits per heavy atom. The molecule has 0 aromatic carbocycles. The summed E-state index contributed by atoms with van der Waals surface area (Å²) < 4.78 is 120. The Hall–Kier alpha value is -0.690. The number of halogens is 7. The van der Waals surface area contributed by atoms with E-state index in [1.54, 1.807) is 0 Å². The maximum absolute atomic E-state index is 15.1. The number of hydrogen-bond donors (Lipinski definition) is 0. The standard InChI is InChI=1S/C27H41F7O5/c1-2-35-23-15-36-24(37-16-23)19-5-11-20(12-6-19)25(28,29)38-22-13-7-18(8-14-22)17-3-9-21(10-4-17)26(30,31)39-27(32,33)34/h17-24H,2-16H2,1H3. The molecule has 4 fully saturated rings. The van der Waals surface area contributed by atoms with Crippen molar-refractivity contribution in [2.75, 3.05) is 19.8 Å². The van der Waals surface area contributed by atoms with Crippen molar-refractivity contribution in [1.82, 2.24) is 0 Å². The third-order valence-corrected chi connectivity index (χ3v) is 9.14. The van der Waals surface area contributed by atoms with Gasteiger partial charge in [-0.25, -0.2) is 4.74 Å². The highest BCUT2D eigenvalue weighted by molar-refractivity contribution is 4.86. The van der Waals surface area contributed by atoms with Crippen molar-refractivity contribution in [2.24, 2.45) is 29.6 Å². The van der Waals surface area contributed by atoms with Crippen LogP contribution in [0.4, 0.5) is 30.7 Å². The van der Waals surface area contributed by atoms with Crippen molar-refractivity contribution >= 4 is 0 Å². The molecule has 4 aliphatic rings. The van der Waals surface area contributed by atoms with Gasteiger partial charge in [0.05, 0.1) is 31.2 Å². The zero-order chi connectivity index (χ0) is 28.3. The predicted molar refractivity (Wildman–Crippen MR) is 126 cm³/mol. The second-order valence-corrected chi connectivity index (χ2v) is 11.7. The second kappa shape index (κ2) is 13.1. The summed E-state index contributed by atoms with van der Waals surface area (Å²) in [5.74, 6) is -1.96. The fourth-order valence-electron chi connectivity index (χ4n) is 6.99. The van der Waals surface area contributed by atoms with E-state index in [1.165, 1.54) is 0 Å². The Kier molecular flexibility index (Phi) is 10.5. The SMILES string of the molecule is CCOC1COC(C2CCC(C(F)(F)OC3CCC(C4CCC(C(F)(F)OC(F)(F)F)CC4)CC3)CC2)OC1. The van der Waals surface area contributed by atoms with Crippen molar-refractivity contribution in [2.45, 2.75) is 121 Å². The van der Waals surface area contributed by atoms with Gasteiger partial charge in [0, 0.05) is 12.5 Å². The monoisotopic (exact) mass is 578 g/mol. The number of alkyl halides is 7. The van der Waals surface area contributed by atoms with Crippen LogP contribution in [-0.4, -0.2) is 56.9 Å². The molecule has 0 spiro atoms. The van der Waals surface area contributed by atoms with Gasteiger partial charge in [0.1, 0.15) is 6.10 Å². The second-order valence-electron chi connectivity index (χ2n) is 11.7. The molecule has 1 heterocycles. The molecule has 4 rings (SSSR count). The minimum Gasteiger partial charge on any atom is -0.374 e. The van der Waals surface area contributed by atoms with Crippen molar-refractivity contribution in [3.63, 3.8) is 0 Å². The minimum atomic E-state index is -5.38. The molecule has 1 saturated heterocycles. The molecule has 3 saturated carbocycles. The zero-order valence-corrected chi connectivity index (χ0v) is 22.4. The van der Waals surface area contributed by atoms with E-state index >= 15 is 8.78 Å². The van der Waals surface area contributed by atoms with Crippen LogP contribution in [0.3, 0.4) is 0 Å². The lowest BCUT2D eigenvalue weighted by atomic mass is 9.70. The maximum Gasteiger partial charge on any atom is 0.527 e. The average molecular weight is 579 g/mol. The topological polar surface area (TPSA) is 46.2 Å². The molecular formula is C27H41F7O5. The van der Waals surface area contributed by atoms with Crippen LogP contribution in [0.15, 0.2) is 0 Å². The fourth-order valence-corrected chi connectivity index (χ4v) is 6.99. The van der Waals surface area contributed by atoms with Crippen LogP contribution < -0.4 is 0 Å². The smallest absolute Gasteiger partial charge is 0.374 e. The first kappa shape index (κ1) is 31.3. The van der Waals surface area contributed by atoms with E-state index in [4.69, 9.17) is 18.9 Å². The summed E-state index contributed by atoms with van der Waals surface area (Å²) in [7, 11) is 0. The highest BCUT2D eigenvalue weighted by Gasteiger charge is 2.51. The fraction of sp³-hybridized carbons (Fsp3) is 1.00. The molecule has 0 aromatic heterocycles. The third kappa shape index (κ3) is 8.66. The summed E-state index contributed by atoms with van der Waals surface area (Å²) in [5, 5.41) is 0. The van der Waals surface area contributed by atoms with Gasteiger partial charge < -0.3 is 18.9 Å². The van der Waals surface area contributed by atoms with E-state index in [-0.39, 0.29) is 43.0 Å². The first-order valence-corrected chi connectivity index (χ1v) is 14.4. The van der Waals surface area contributed by atoms with E-state index in [2.05, 4.69) is 4.74 Å². The first-order valence-electron chi connectivity index (χ1n) is 14.4. The average Bonchev–Trinajstić information content (AvgIpc) is 2.88. The lowest BCUT2D eigenvalue weighted by Crippen LogP contribution is -2.44. The van der Waals surface area contributed by atoms with Crippen molar-refractivity contribution in [1.29, 1.82) is 0 Å². The molecule has 0 aromatic rings. The van der Waals surface area contributed by atoms with E-state index in [0.717, 1.165) is 0 Å². The summed E-state index contributed by atoms with van der Waals surface area (Å²) in [6.07, 6.45) is -9.14. The summed E-state index contributed by atoms with van der Waals surface area (Å²) in [6.45, 7) is 3.38. The Balaban J connectivity index is 1.15. The largest absolute Gasteiger partial charge is 0.527 e. The molecular weight excluding hydrogens is 537 g/mol. The Labute approximate surface area is 225 Å². The van der Waals surface area contributed by atoms with Gasteiger partial charge >= 0.3 is 18.6 Å². The molecule has 3 aliphatic carbocycles. The lowest BCUT2D eigenvalue weighted by molar-refractivity contribution is -0.439. The molecule has 1 aliphatic heterocycles. The molecule has 0 radical (unpaired) electrons. The van der Waals surface area contributed by atoms with Crippen LogP contribution in [0.1, 0.15) is 84.0 Å². The van der Waals surface area contributed by atoms with Crippen LogP contribution in [0.2, 0.25) is 0 Å². The van der Waals surface area contributed by atoms with Crippen LogP contribution >= 0.6 is 0 Å². The van der Waals surface area contributed by atoms with Crippen molar-refractivity contribution < 1.29 is 54.4 Å². The Morgan fingerprint density at radius 3 is 1.54 bits per heavy atom. The molecule has 0 unspecified atom stereocenters. The van der Waals surface area contributed by atoms with Crippen LogP contribution in [0.5, 0.6) is 0 Å². The summed E-state index contributed by atoms with van der Waals surface area (Å²) >= 11 is 0. The third-order valence-electron chi connectivity index (χ3n) is 9.14. The Bertz CT molecular complexity index is 735. The molecule has 0 amide bonds. The van der Waals surface area contributed by atoms with Crippen molar-refractivity contribution in [3.8, 4) is 0 Å².